The van der Waals surface area contributed by atoms with Gasteiger partial charge >= 0.3 is 0 Å². The third-order valence-corrected chi connectivity index (χ3v) is 2.90. The van der Waals surface area contributed by atoms with Gasteiger partial charge in [-0.1, -0.05) is 12.1 Å². The SMILES string of the molecule is Cc1cccc(C(=O)NC(C)Cn2ccnc2)c1O. The Labute approximate surface area is 111 Å². The molecule has 1 heterocycles. The average molecular weight is 259 g/mol. The Kier molecular flexibility index (Phi) is 3.85. The van der Waals surface area contributed by atoms with Crippen LogP contribution in [0.2, 0.25) is 0 Å². The number of hydrogen-bond acceptors (Lipinski definition) is 3. The van der Waals surface area contributed by atoms with Crippen molar-refractivity contribution in [3.63, 3.8) is 0 Å². The lowest BCUT2D eigenvalue weighted by Crippen LogP contribution is -2.35. The normalized spacial score (nSPS) is 12.1. The van der Waals surface area contributed by atoms with Crippen LogP contribution in [-0.2, 0) is 6.54 Å². The minimum atomic E-state index is -0.270. The maximum Gasteiger partial charge on any atom is 0.255 e. The third-order valence-electron chi connectivity index (χ3n) is 2.90. The summed E-state index contributed by atoms with van der Waals surface area (Å²) >= 11 is 0. The van der Waals surface area contributed by atoms with Crippen molar-refractivity contribution in [2.75, 3.05) is 0 Å². The predicted octanol–water partition coefficient (Wildman–Crippen LogP) is 1.72. The van der Waals surface area contributed by atoms with Gasteiger partial charge in [-0.05, 0) is 25.5 Å². The van der Waals surface area contributed by atoms with Crippen molar-refractivity contribution in [1.82, 2.24) is 14.9 Å². The van der Waals surface area contributed by atoms with Gasteiger partial charge in [-0.3, -0.25) is 4.79 Å². The van der Waals surface area contributed by atoms with Crippen molar-refractivity contribution in [3.8, 4) is 5.75 Å². The minimum absolute atomic E-state index is 0.0369. The van der Waals surface area contributed by atoms with Crippen LogP contribution in [0.5, 0.6) is 5.75 Å². The van der Waals surface area contributed by atoms with Crippen LogP contribution in [-0.4, -0.2) is 26.6 Å². The molecule has 100 valence electrons. The molecule has 2 rings (SSSR count). The zero-order valence-corrected chi connectivity index (χ0v) is 11.0. The number of benzene rings is 1. The molecule has 0 fully saturated rings. The van der Waals surface area contributed by atoms with Crippen LogP contribution in [0.1, 0.15) is 22.8 Å². The van der Waals surface area contributed by atoms with Crippen molar-refractivity contribution >= 4 is 5.91 Å². The molecule has 2 N–H and O–H groups in total. The summed E-state index contributed by atoms with van der Waals surface area (Å²) in [5.41, 5.74) is 0.993. The molecule has 1 unspecified atom stereocenters. The van der Waals surface area contributed by atoms with E-state index in [1.807, 2.05) is 17.7 Å². The van der Waals surface area contributed by atoms with Crippen molar-refractivity contribution in [2.24, 2.45) is 0 Å². The van der Waals surface area contributed by atoms with Gasteiger partial charge in [0.15, 0.2) is 0 Å². The van der Waals surface area contributed by atoms with E-state index < -0.39 is 0 Å². The zero-order chi connectivity index (χ0) is 13.8. The van der Waals surface area contributed by atoms with Crippen molar-refractivity contribution in [3.05, 3.63) is 48.0 Å². The number of phenols is 1. The van der Waals surface area contributed by atoms with Gasteiger partial charge < -0.3 is 15.0 Å². The van der Waals surface area contributed by atoms with E-state index >= 15 is 0 Å². The molecule has 0 saturated carbocycles. The van der Waals surface area contributed by atoms with Gasteiger partial charge in [-0.15, -0.1) is 0 Å². The number of nitrogens with zero attached hydrogens (tertiary/aromatic N) is 2. The van der Waals surface area contributed by atoms with Crippen molar-refractivity contribution < 1.29 is 9.90 Å². The van der Waals surface area contributed by atoms with Crippen LogP contribution in [0.25, 0.3) is 0 Å². The second kappa shape index (κ2) is 5.56. The van der Waals surface area contributed by atoms with Gasteiger partial charge in [-0.2, -0.15) is 0 Å². The molecule has 19 heavy (non-hydrogen) atoms. The molecule has 0 radical (unpaired) electrons. The van der Waals surface area contributed by atoms with E-state index in [9.17, 15) is 9.90 Å². The maximum atomic E-state index is 12.1. The molecule has 5 nitrogen and oxygen atoms in total. The molecule has 0 aliphatic carbocycles. The summed E-state index contributed by atoms with van der Waals surface area (Å²) in [7, 11) is 0. The van der Waals surface area contributed by atoms with Crippen LogP contribution in [0.15, 0.2) is 36.9 Å². The summed E-state index contributed by atoms with van der Waals surface area (Å²) in [4.78, 5) is 16.0. The molecule has 0 bridgehead atoms. The molecular weight excluding hydrogens is 242 g/mol. The number of para-hydroxylation sites is 1. The third kappa shape index (κ3) is 3.13. The summed E-state index contributed by atoms with van der Waals surface area (Å²) in [5.74, 6) is -0.233. The van der Waals surface area contributed by atoms with Crippen LogP contribution in [0.4, 0.5) is 0 Å². The van der Waals surface area contributed by atoms with Gasteiger partial charge in [-0.25, -0.2) is 4.98 Å². The first-order valence-corrected chi connectivity index (χ1v) is 6.13. The summed E-state index contributed by atoms with van der Waals surface area (Å²) in [5, 5.41) is 12.7. The Balaban J connectivity index is 2.02. The first-order valence-electron chi connectivity index (χ1n) is 6.13. The largest absolute Gasteiger partial charge is 0.507 e. The number of carbonyl (C=O) groups is 1. The molecule has 1 amide bonds. The molecule has 0 spiro atoms. The van der Waals surface area contributed by atoms with E-state index in [1.54, 1.807) is 37.6 Å². The highest BCUT2D eigenvalue weighted by molar-refractivity contribution is 5.97. The topological polar surface area (TPSA) is 67.2 Å². The fourth-order valence-corrected chi connectivity index (χ4v) is 1.90. The average Bonchev–Trinajstić information content (AvgIpc) is 2.85. The highest BCUT2D eigenvalue weighted by atomic mass is 16.3. The van der Waals surface area contributed by atoms with Gasteiger partial charge in [0.05, 0.1) is 11.9 Å². The molecule has 1 atom stereocenters. The lowest BCUT2D eigenvalue weighted by atomic mass is 10.1. The molecule has 1 aromatic heterocycles. The fraction of sp³-hybridized carbons (Fsp3) is 0.286. The molecule has 1 aromatic carbocycles. The monoisotopic (exact) mass is 259 g/mol. The predicted molar refractivity (Wildman–Crippen MR) is 72.0 cm³/mol. The highest BCUT2D eigenvalue weighted by Crippen LogP contribution is 2.21. The van der Waals surface area contributed by atoms with Crippen LogP contribution >= 0.6 is 0 Å². The lowest BCUT2D eigenvalue weighted by Gasteiger charge is -2.15. The fourth-order valence-electron chi connectivity index (χ4n) is 1.90. The smallest absolute Gasteiger partial charge is 0.255 e. The Bertz CT molecular complexity index is 564. The summed E-state index contributed by atoms with van der Waals surface area (Å²) in [6.45, 7) is 4.31. The number of imidazole rings is 1. The lowest BCUT2D eigenvalue weighted by molar-refractivity contribution is 0.0934. The minimum Gasteiger partial charge on any atom is -0.507 e. The Morgan fingerprint density at radius 3 is 3.00 bits per heavy atom. The number of amides is 1. The number of rotatable bonds is 4. The molecule has 0 aliphatic rings. The van der Waals surface area contributed by atoms with Gasteiger partial charge in [0.25, 0.3) is 5.91 Å². The van der Waals surface area contributed by atoms with E-state index in [0.29, 0.717) is 17.7 Å². The zero-order valence-electron chi connectivity index (χ0n) is 11.0. The van der Waals surface area contributed by atoms with Crippen LogP contribution in [0.3, 0.4) is 0 Å². The summed E-state index contributed by atoms with van der Waals surface area (Å²) < 4.78 is 1.89. The van der Waals surface area contributed by atoms with E-state index in [-0.39, 0.29) is 17.7 Å². The van der Waals surface area contributed by atoms with Crippen molar-refractivity contribution in [1.29, 1.82) is 0 Å². The number of carbonyl (C=O) groups excluding carboxylic acids is 1. The molecule has 5 heteroatoms. The molecule has 0 saturated heterocycles. The molecule has 2 aromatic rings. The van der Waals surface area contributed by atoms with Gasteiger partial charge in [0.1, 0.15) is 5.75 Å². The summed E-state index contributed by atoms with van der Waals surface area (Å²) in [6, 6.07) is 5.08. The number of phenolic OH excluding ortho intramolecular Hbond substituents is 1. The Morgan fingerprint density at radius 2 is 2.32 bits per heavy atom. The van der Waals surface area contributed by atoms with Gasteiger partial charge in [0, 0.05) is 25.0 Å². The summed E-state index contributed by atoms with van der Waals surface area (Å²) in [6.07, 6.45) is 5.24. The Morgan fingerprint density at radius 1 is 1.53 bits per heavy atom. The number of nitrogens with one attached hydrogen (secondary N) is 1. The van der Waals surface area contributed by atoms with E-state index in [1.165, 1.54) is 0 Å². The maximum absolute atomic E-state index is 12.1. The molecule has 0 aliphatic heterocycles. The van der Waals surface area contributed by atoms with Crippen LogP contribution in [0, 0.1) is 6.92 Å². The molecular formula is C14H17N3O2. The number of hydrogen-bond donors (Lipinski definition) is 2. The first-order chi connectivity index (χ1) is 9.08. The van der Waals surface area contributed by atoms with E-state index in [0.717, 1.165) is 0 Å². The second-order valence-electron chi connectivity index (χ2n) is 4.61. The van der Waals surface area contributed by atoms with E-state index in [2.05, 4.69) is 10.3 Å². The van der Waals surface area contributed by atoms with E-state index in [4.69, 9.17) is 0 Å². The highest BCUT2D eigenvalue weighted by Gasteiger charge is 2.14. The number of aryl methyl sites for hydroxylation is 1. The van der Waals surface area contributed by atoms with Gasteiger partial charge in [0.2, 0.25) is 0 Å². The standard InChI is InChI=1S/C14H17N3O2/c1-10-4-3-5-12(13(10)18)14(19)16-11(2)8-17-7-6-15-9-17/h3-7,9,11,18H,8H2,1-2H3,(H,16,19). The number of aromatic nitrogens is 2. The second-order valence-corrected chi connectivity index (χ2v) is 4.61. The first kappa shape index (κ1) is 13.1. The Hall–Kier alpha value is -2.30. The number of aromatic hydroxyl groups is 1. The van der Waals surface area contributed by atoms with Crippen molar-refractivity contribution in [2.45, 2.75) is 26.4 Å². The van der Waals surface area contributed by atoms with Crippen LogP contribution < -0.4 is 5.32 Å². The quantitative estimate of drug-likeness (QED) is 0.878.